The SMILES string of the molecule is COc1ccc(Cl)cc1NC(=O)CN1CCC(CO)C1. The van der Waals surface area contributed by atoms with E-state index in [1.807, 2.05) is 4.90 Å². The van der Waals surface area contributed by atoms with Crippen LogP contribution in [0.3, 0.4) is 0 Å². The van der Waals surface area contributed by atoms with Gasteiger partial charge in [-0.05, 0) is 37.1 Å². The van der Waals surface area contributed by atoms with Crippen LogP contribution < -0.4 is 10.1 Å². The molecule has 5 nitrogen and oxygen atoms in total. The number of aliphatic hydroxyl groups is 1. The number of anilines is 1. The highest BCUT2D eigenvalue weighted by Crippen LogP contribution is 2.27. The third-order valence-electron chi connectivity index (χ3n) is 3.43. The first-order chi connectivity index (χ1) is 9.62. The van der Waals surface area contributed by atoms with Crippen molar-refractivity contribution in [3.05, 3.63) is 23.2 Å². The monoisotopic (exact) mass is 298 g/mol. The molecule has 1 amide bonds. The first-order valence-electron chi connectivity index (χ1n) is 6.59. The zero-order chi connectivity index (χ0) is 14.5. The lowest BCUT2D eigenvalue weighted by Crippen LogP contribution is -2.32. The molecule has 0 spiro atoms. The lowest BCUT2D eigenvalue weighted by Gasteiger charge is -2.16. The molecule has 110 valence electrons. The number of aliphatic hydroxyl groups excluding tert-OH is 1. The van der Waals surface area contributed by atoms with Crippen molar-refractivity contribution in [3.8, 4) is 5.75 Å². The molecule has 1 atom stereocenters. The Morgan fingerprint density at radius 1 is 1.60 bits per heavy atom. The molecule has 20 heavy (non-hydrogen) atoms. The van der Waals surface area contributed by atoms with Crippen molar-refractivity contribution >= 4 is 23.2 Å². The van der Waals surface area contributed by atoms with E-state index in [2.05, 4.69) is 5.32 Å². The second-order valence-electron chi connectivity index (χ2n) is 4.97. The third-order valence-corrected chi connectivity index (χ3v) is 3.67. The number of likely N-dealkylation sites (tertiary alicyclic amines) is 1. The number of amides is 1. The Morgan fingerprint density at radius 3 is 3.05 bits per heavy atom. The molecule has 0 aromatic heterocycles. The van der Waals surface area contributed by atoms with E-state index in [1.54, 1.807) is 25.3 Å². The maximum absolute atomic E-state index is 12.0. The number of hydrogen-bond donors (Lipinski definition) is 2. The summed E-state index contributed by atoms with van der Waals surface area (Å²) in [5.41, 5.74) is 0.572. The molecule has 1 aromatic carbocycles. The van der Waals surface area contributed by atoms with Gasteiger partial charge < -0.3 is 15.2 Å². The van der Waals surface area contributed by atoms with Gasteiger partial charge in [0, 0.05) is 18.2 Å². The minimum atomic E-state index is -0.107. The molecule has 1 unspecified atom stereocenters. The maximum atomic E-state index is 12.0. The largest absolute Gasteiger partial charge is 0.495 e. The van der Waals surface area contributed by atoms with E-state index in [0.717, 1.165) is 19.5 Å². The minimum absolute atomic E-state index is 0.107. The highest BCUT2D eigenvalue weighted by molar-refractivity contribution is 6.31. The summed E-state index contributed by atoms with van der Waals surface area (Å²) in [6, 6.07) is 5.09. The number of nitrogens with one attached hydrogen (secondary N) is 1. The summed E-state index contributed by atoms with van der Waals surface area (Å²) < 4.78 is 5.19. The van der Waals surface area contributed by atoms with E-state index >= 15 is 0 Å². The Bertz CT molecular complexity index is 481. The molecule has 0 saturated carbocycles. The van der Waals surface area contributed by atoms with Crippen LogP contribution in [-0.4, -0.2) is 49.3 Å². The van der Waals surface area contributed by atoms with Crippen molar-refractivity contribution in [1.29, 1.82) is 0 Å². The van der Waals surface area contributed by atoms with Crippen molar-refractivity contribution in [3.63, 3.8) is 0 Å². The Hall–Kier alpha value is -1.30. The fourth-order valence-electron chi connectivity index (χ4n) is 2.38. The summed E-state index contributed by atoms with van der Waals surface area (Å²) in [7, 11) is 1.55. The average molecular weight is 299 g/mol. The van der Waals surface area contributed by atoms with Gasteiger partial charge >= 0.3 is 0 Å². The highest BCUT2D eigenvalue weighted by atomic mass is 35.5. The zero-order valence-corrected chi connectivity index (χ0v) is 12.2. The second kappa shape index (κ2) is 6.92. The Morgan fingerprint density at radius 2 is 2.40 bits per heavy atom. The summed E-state index contributed by atoms with van der Waals surface area (Å²) in [6.45, 7) is 2.09. The summed E-state index contributed by atoms with van der Waals surface area (Å²) in [6.07, 6.45) is 0.935. The number of nitrogens with zero attached hydrogens (tertiary/aromatic N) is 1. The third kappa shape index (κ3) is 3.85. The molecule has 2 rings (SSSR count). The molecule has 0 aliphatic carbocycles. The topological polar surface area (TPSA) is 61.8 Å². The molecule has 2 N–H and O–H groups in total. The lowest BCUT2D eigenvalue weighted by atomic mass is 10.1. The Balaban J connectivity index is 1.93. The van der Waals surface area contributed by atoms with Crippen molar-refractivity contribution in [1.82, 2.24) is 4.90 Å². The molecule has 0 bridgehead atoms. The highest BCUT2D eigenvalue weighted by Gasteiger charge is 2.23. The molecular weight excluding hydrogens is 280 g/mol. The molecular formula is C14H19ClN2O3. The lowest BCUT2D eigenvalue weighted by molar-refractivity contribution is -0.117. The molecule has 1 heterocycles. The molecule has 0 radical (unpaired) electrons. The van der Waals surface area contributed by atoms with Crippen LogP contribution >= 0.6 is 11.6 Å². The minimum Gasteiger partial charge on any atom is -0.495 e. The summed E-state index contributed by atoms with van der Waals surface area (Å²) in [5, 5.41) is 12.4. The van der Waals surface area contributed by atoms with Gasteiger partial charge in [0.1, 0.15) is 5.75 Å². The number of halogens is 1. The van der Waals surface area contributed by atoms with Crippen LogP contribution in [0.5, 0.6) is 5.75 Å². The maximum Gasteiger partial charge on any atom is 0.238 e. The summed E-state index contributed by atoms with van der Waals surface area (Å²) >= 11 is 5.92. The first-order valence-corrected chi connectivity index (χ1v) is 6.96. The average Bonchev–Trinajstić information content (AvgIpc) is 2.86. The van der Waals surface area contributed by atoms with Crippen LogP contribution in [0, 0.1) is 5.92 Å². The van der Waals surface area contributed by atoms with Crippen molar-refractivity contribution in [2.45, 2.75) is 6.42 Å². The van der Waals surface area contributed by atoms with Crippen LogP contribution in [0.1, 0.15) is 6.42 Å². The van der Waals surface area contributed by atoms with Crippen LogP contribution in [0.2, 0.25) is 5.02 Å². The Labute approximate surface area is 123 Å². The number of carbonyl (C=O) groups excluding carboxylic acids is 1. The molecule has 1 saturated heterocycles. The standard InChI is InChI=1S/C14H19ClN2O3/c1-20-13-3-2-11(15)6-12(13)16-14(19)8-17-5-4-10(7-17)9-18/h2-3,6,10,18H,4-5,7-9H2,1H3,(H,16,19). The van der Waals surface area contributed by atoms with E-state index < -0.39 is 0 Å². The van der Waals surface area contributed by atoms with Crippen molar-refractivity contribution < 1.29 is 14.6 Å². The van der Waals surface area contributed by atoms with Crippen molar-refractivity contribution in [2.75, 3.05) is 38.7 Å². The number of methoxy groups -OCH3 is 1. The fraction of sp³-hybridized carbons (Fsp3) is 0.500. The van der Waals surface area contributed by atoms with Gasteiger partial charge in [0.15, 0.2) is 0 Å². The van der Waals surface area contributed by atoms with Gasteiger partial charge in [0.25, 0.3) is 0 Å². The first kappa shape index (κ1) is 15.1. The smallest absolute Gasteiger partial charge is 0.238 e. The predicted octanol–water partition coefficient (Wildman–Crippen LogP) is 1.60. The molecule has 1 fully saturated rings. The molecule has 1 aliphatic rings. The molecule has 1 aromatic rings. The molecule has 6 heteroatoms. The number of benzene rings is 1. The zero-order valence-electron chi connectivity index (χ0n) is 11.4. The van der Waals surface area contributed by atoms with Crippen LogP contribution in [0.15, 0.2) is 18.2 Å². The van der Waals surface area contributed by atoms with E-state index in [9.17, 15) is 4.79 Å². The van der Waals surface area contributed by atoms with E-state index in [4.69, 9.17) is 21.4 Å². The Kier molecular flexibility index (Phi) is 5.23. The van der Waals surface area contributed by atoms with Crippen molar-refractivity contribution in [2.24, 2.45) is 5.92 Å². The number of rotatable bonds is 5. The number of ether oxygens (including phenoxy) is 1. The van der Waals surface area contributed by atoms with Gasteiger partial charge in [0.2, 0.25) is 5.91 Å². The number of carbonyl (C=O) groups is 1. The van der Waals surface area contributed by atoms with E-state index in [0.29, 0.717) is 23.0 Å². The summed E-state index contributed by atoms with van der Waals surface area (Å²) in [5.74, 6) is 0.755. The quantitative estimate of drug-likeness (QED) is 0.867. The summed E-state index contributed by atoms with van der Waals surface area (Å²) in [4.78, 5) is 14.1. The van der Waals surface area contributed by atoms with Gasteiger partial charge in [-0.2, -0.15) is 0 Å². The van der Waals surface area contributed by atoms with Crippen LogP contribution in [-0.2, 0) is 4.79 Å². The normalized spacial score (nSPS) is 19.1. The van der Waals surface area contributed by atoms with Gasteiger partial charge in [-0.1, -0.05) is 11.6 Å². The fourth-order valence-corrected chi connectivity index (χ4v) is 2.55. The van der Waals surface area contributed by atoms with Crippen LogP contribution in [0.25, 0.3) is 0 Å². The van der Waals surface area contributed by atoms with Crippen LogP contribution in [0.4, 0.5) is 5.69 Å². The predicted molar refractivity (Wildman–Crippen MR) is 78.3 cm³/mol. The van der Waals surface area contributed by atoms with E-state index in [-0.39, 0.29) is 18.4 Å². The van der Waals surface area contributed by atoms with Gasteiger partial charge in [-0.25, -0.2) is 0 Å². The molecule has 1 aliphatic heterocycles. The van der Waals surface area contributed by atoms with E-state index in [1.165, 1.54) is 0 Å². The van der Waals surface area contributed by atoms with Gasteiger partial charge in [-0.3, -0.25) is 9.69 Å². The van der Waals surface area contributed by atoms with Gasteiger partial charge in [0.05, 0.1) is 19.3 Å². The van der Waals surface area contributed by atoms with Gasteiger partial charge in [-0.15, -0.1) is 0 Å². The second-order valence-corrected chi connectivity index (χ2v) is 5.40. The number of hydrogen-bond acceptors (Lipinski definition) is 4.